The van der Waals surface area contributed by atoms with Crippen molar-refractivity contribution < 1.29 is 4.79 Å². The fourth-order valence-electron chi connectivity index (χ4n) is 3.67. The molecule has 0 radical (unpaired) electrons. The SMILES string of the molecule is CCc1cccc2sc(N(CCN(CC)CC)C(=O)c3cc(C)nn3C(C)C)nc12.Cl. The summed E-state index contributed by atoms with van der Waals surface area (Å²) in [6.07, 6.45) is 0.924. The standard InChI is InChI=1S/C23H33N5OS.ClH/c1-7-18-11-10-12-20-21(18)24-23(30-20)27(14-13-26(8-2)9-3)22(29)19-15-17(6)25-28(19)16(4)5;/h10-12,15-16H,7-9,13-14H2,1-6H3;1H. The number of benzene rings is 1. The number of thiazole rings is 1. The number of fused-ring (bicyclic) bond motifs is 1. The average Bonchev–Trinajstić information content (AvgIpc) is 3.34. The molecule has 31 heavy (non-hydrogen) atoms. The van der Waals surface area contributed by atoms with Gasteiger partial charge in [0.15, 0.2) is 5.13 Å². The number of carbonyl (C=O) groups is 1. The maximum absolute atomic E-state index is 13.7. The van der Waals surface area contributed by atoms with Gasteiger partial charge < -0.3 is 4.90 Å². The molecule has 8 heteroatoms. The van der Waals surface area contributed by atoms with E-state index in [0.29, 0.717) is 12.2 Å². The topological polar surface area (TPSA) is 54.3 Å². The van der Waals surface area contributed by atoms with Gasteiger partial charge in [0.1, 0.15) is 5.69 Å². The smallest absolute Gasteiger partial charge is 0.278 e. The molecule has 0 saturated carbocycles. The number of rotatable bonds is 9. The number of nitrogens with zero attached hydrogens (tertiary/aromatic N) is 5. The Morgan fingerprint density at radius 3 is 2.48 bits per heavy atom. The number of halogens is 1. The van der Waals surface area contributed by atoms with Crippen molar-refractivity contribution in [3.63, 3.8) is 0 Å². The number of hydrogen-bond donors (Lipinski definition) is 0. The van der Waals surface area contributed by atoms with Gasteiger partial charge >= 0.3 is 0 Å². The second-order valence-corrected chi connectivity index (χ2v) is 8.82. The van der Waals surface area contributed by atoms with Crippen molar-refractivity contribution >= 4 is 45.0 Å². The molecule has 2 aromatic heterocycles. The highest BCUT2D eigenvalue weighted by Crippen LogP contribution is 2.32. The summed E-state index contributed by atoms with van der Waals surface area (Å²) in [4.78, 5) is 22.8. The van der Waals surface area contributed by atoms with E-state index in [1.54, 1.807) is 11.3 Å². The number of para-hydroxylation sites is 1. The molecule has 3 aromatic rings. The third-order valence-electron chi connectivity index (χ3n) is 5.45. The van der Waals surface area contributed by atoms with Crippen molar-refractivity contribution in [3.8, 4) is 0 Å². The third kappa shape index (κ3) is 5.45. The molecule has 2 heterocycles. The Labute approximate surface area is 195 Å². The maximum Gasteiger partial charge on any atom is 0.278 e. The molecule has 0 aliphatic heterocycles. The van der Waals surface area contributed by atoms with E-state index < -0.39 is 0 Å². The van der Waals surface area contributed by atoms with Gasteiger partial charge in [-0.15, -0.1) is 12.4 Å². The molecule has 0 bridgehead atoms. The molecule has 0 aliphatic carbocycles. The molecular formula is C23H34ClN5OS. The van der Waals surface area contributed by atoms with Gasteiger partial charge in [-0.2, -0.15) is 5.10 Å². The largest absolute Gasteiger partial charge is 0.302 e. The van der Waals surface area contributed by atoms with Crippen LogP contribution in [0.3, 0.4) is 0 Å². The fourth-order valence-corrected chi connectivity index (χ4v) is 4.71. The summed E-state index contributed by atoms with van der Waals surface area (Å²) in [6, 6.07) is 8.28. The Morgan fingerprint density at radius 2 is 1.87 bits per heavy atom. The van der Waals surface area contributed by atoms with E-state index in [4.69, 9.17) is 4.98 Å². The molecule has 0 N–H and O–H groups in total. The lowest BCUT2D eigenvalue weighted by Crippen LogP contribution is -2.39. The first-order valence-corrected chi connectivity index (χ1v) is 11.7. The van der Waals surface area contributed by atoms with Crippen molar-refractivity contribution in [2.75, 3.05) is 31.1 Å². The summed E-state index contributed by atoms with van der Waals surface area (Å²) in [5.41, 5.74) is 3.70. The van der Waals surface area contributed by atoms with Crippen LogP contribution in [0, 0.1) is 6.92 Å². The Balaban J connectivity index is 0.00000341. The van der Waals surface area contributed by atoms with Crippen LogP contribution in [0.15, 0.2) is 24.3 Å². The predicted molar refractivity (Wildman–Crippen MR) is 133 cm³/mol. The van der Waals surface area contributed by atoms with E-state index >= 15 is 0 Å². The van der Waals surface area contributed by atoms with E-state index in [9.17, 15) is 4.79 Å². The Morgan fingerprint density at radius 1 is 1.16 bits per heavy atom. The number of anilines is 1. The van der Waals surface area contributed by atoms with Crippen LogP contribution in [0.1, 0.15) is 62.4 Å². The van der Waals surface area contributed by atoms with Crippen molar-refractivity contribution in [1.82, 2.24) is 19.7 Å². The van der Waals surface area contributed by atoms with Crippen molar-refractivity contribution in [1.29, 1.82) is 0 Å². The van der Waals surface area contributed by atoms with Crippen LogP contribution in [0.25, 0.3) is 10.2 Å². The molecule has 0 aliphatic rings. The lowest BCUT2D eigenvalue weighted by molar-refractivity contribution is 0.0971. The fraction of sp³-hybridized carbons (Fsp3) is 0.522. The first-order chi connectivity index (χ1) is 14.4. The summed E-state index contributed by atoms with van der Waals surface area (Å²) in [6.45, 7) is 15.8. The van der Waals surface area contributed by atoms with E-state index in [1.165, 1.54) is 5.56 Å². The second-order valence-electron chi connectivity index (χ2n) is 7.81. The number of aromatic nitrogens is 3. The highest BCUT2D eigenvalue weighted by molar-refractivity contribution is 7.22. The molecule has 0 fully saturated rings. The summed E-state index contributed by atoms with van der Waals surface area (Å²) >= 11 is 1.59. The van der Waals surface area contributed by atoms with Crippen LogP contribution < -0.4 is 4.90 Å². The van der Waals surface area contributed by atoms with Gasteiger partial charge in [0.25, 0.3) is 5.91 Å². The molecule has 6 nitrogen and oxygen atoms in total. The molecule has 0 saturated heterocycles. The zero-order chi connectivity index (χ0) is 21.8. The number of hydrogen-bond acceptors (Lipinski definition) is 5. The number of aryl methyl sites for hydroxylation is 2. The van der Waals surface area contributed by atoms with Crippen LogP contribution in [0.2, 0.25) is 0 Å². The Bertz CT molecular complexity index is 1010. The minimum absolute atomic E-state index is 0. The molecule has 170 valence electrons. The molecule has 3 rings (SSSR count). The van der Waals surface area contributed by atoms with E-state index in [0.717, 1.165) is 47.1 Å². The van der Waals surface area contributed by atoms with Crippen LogP contribution in [0.5, 0.6) is 0 Å². The molecule has 0 unspecified atom stereocenters. The minimum atomic E-state index is -0.0337. The lowest BCUT2D eigenvalue weighted by atomic mass is 10.1. The number of carbonyl (C=O) groups excluding carboxylic acids is 1. The first kappa shape index (κ1) is 25.3. The zero-order valence-corrected chi connectivity index (χ0v) is 21.0. The zero-order valence-electron chi connectivity index (χ0n) is 19.4. The van der Waals surface area contributed by atoms with Gasteiger partial charge in [0, 0.05) is 19.1 Å². The number of likely N-dealkylation sites (N-methyl/N-ethyl adjacent to an activating group) is 1. The third-order valence-corrected chi connectivity index (χ3v) is 6.49. The van der Waals surface area contributed by atoms with Gasteiger partial charge in [-0.05, 0) is 58.0 Å². The van der Waals surface area contributed by atoms with Gasteiger partial charge in [0.2, 0.25) is 0 Å². The molecular weight excluding hydrogens is 430 g/mol. The molecule has 1 aromatic carbocycles. The average molecular weight is 464 g/mol. The van der Waals surface area contributed by atoms with Crippen molar-refractivity contribution in [3.05, 3.63) is 41.2 Å². The molecule has 1 amide bonds. The minimum Gasteiger partial charge on any atom is -0.302 e. The lowest BCUT2D eigenvalue weighted by Gasteiger charge is -2.25. The number of amides is 1. The van der Waals surface area contributed by atoms with E-state index in [2.05, 4.69) is 62.8 Å². The van der Waals surface area contributed by atoms with E-state index in [-0.39, 0.29) is 24.4 Å². The van der Waals surface area contributed by atoms with Crippen LogP contribution in [0.4, 0.5) is 5.13 Å². The quantitative estimate of drug-likeness (QED) is 0.429. The summed E-state index contributed by atoms with van der Waals surface area (Å²) in [5, 5.41) is 5.31. The maximum atomic E-state index is 13.7. The molecule has 0 atom stereocenters. The normalized spacial score (nSPS) is 11.4. The van der Waals surface area contributed by atoms with Gasteiger partial charge in [-0.1, -0.05) is 44.2 Å². The van der Waals surface area contributed by atoms with Crippen LogP contribution in [-0.4, -0.2) is 51.8 Å². The Hall–Kier alpha value is -1.96. The van der Waals surface area contributed by atoms with Crippen molar-refractivity contribution in [2.45, 2.75) is 54.0 Å². The van der Waals surface area contributed by atoms with Crippen LogP contribution >= 0.6 is 23.7 Å². The predicted octanol–water partition coefficient (Wildman–Crippen LogP) is 5.35. The van der Waals surface area contributed by atoms with Crippen molar-refractivity contribution in [2.24, 2.45) is 0 Å². The van der Waals surface area contributed by atoms with Gasteiger partial charge in [-0.3, -0.25) is 14.4 Å². The highest BCUT2D eigenvalue weighted by atomic mass is 35.5. The highest BCUT2D eigenvalue weighted by Gasteiger charge is 2.26. The van der Waals surface area contributed by atoms with E-state index in [1.807, 2.05) is 22.6 Å². The second kappa shape index (κ2) is 11.1. The summed E-state index contributed by atoms with van der Waals surface area (Å²) in [5.74, 6) is -0.0337. The van der Waals surface area contributed by atoms with Gasteiger partial charge in [0.05, 0.1) is 15.9 Å². The first-order valence-electron chi connectivity index (χ1n) is 10.9. The molecule has 0 spiro atoms. The Kier molecular flexibility index (Phi) is 9.03. The monoisotopic (exact) mass is 463 g/mol. The summed E-state index contributed by atoms with van der Waals surface area (Å²) < 4.78 is 2.95. The summed E-state index contributed by atoms with van der Waals surface area (Å²) in [7, 11) is 0. The van der Waals surface area contributed by atoms with Gasteiger partial charge in [-0.25, -0.2) is 4.98 Å². The van der Waals surface area contributed by atoms with Crippen LogP contribution in [-0.2, 0) is 6.42 Å².